The number of benzene rings is 2. The Kier molecular flexibility index (Phi) is 17.8. The van der Waals surface area contributed by atoms with Crippen molar-refractivity contribution in [2.45, 2.75) is 65.2 Å². The second kappa shape index (κ2) is 20.7. The van der Waals surface area contributed by atoms with Crippen molar-refractivity contribution in [1.29, 1.82) is 0 Å². The number of unbranched alkanes of at least 4 members (excludes halogenated alkanes) is 6. The lowest BCUT2D eigenvalue weighted by atomic mass is 10.2. The van der Waals surface area contributed by atoms with Crippen LogP contribution in [0.5, 0.6) is 0 Å². The van der Waals surface area contributed by atoms with Crippen molar-refractivity contribution in [3.8, 4) is 0 Å². The first-order valence-corrected chi connectivity index (χ1v) is 12.7. The van der Waals surface area contributed by atoms with Crippen LogP contribution in [0.1, 0.15) is 65.2 Å². The average Bonchev–Trinajstić information content (AvgIpc) is 2.85. The molecule has 8 heteroatoms. The van der Waals surface area contributed by atoms with Gasteiger partial charge in [0, 0.05) is 23.8 Å². The van der Waals surface area contributed by atoms with Gasteiger partial charge in [-0.15, -0.1) is 0 Å². The fourth-order valence-electron chi connectivity index (χ4n) is 2.67. The van der Waals surface area contributed by atoms with Crippen LogP contribution >= 0.6 is 24.4 Å². The quantitative estimate of drug-likeness (QED) is 0.108. The number of hydrogen-bond donors (Lipinski definition) is 4. The van der Waals surface area contributed by atoms with E-state index in [4.69, 9.17) is 24.4 Å². The standard InChI is InChI=1S/2C13H19N3S/c2*1-2-3-4-8-11-14-16-13(17)15-12-9-6-5-7-10-12/h2*5-7,9-11H,2-4,8H2,1H3,(H2,15,16,17)/b2*14-11+. The molecule has 2 aromatic rings. The average molecular weight is 499 g/mol. The van der Waals surface area contributed by atoms with Gasteiger partial charge in [0.15, 0.2) is 10.2 Å². The Bertz CT molecular complexity index is 769. The van der Waals surface area contributed by atoms with Crippen molar-refractivity contribution in [2.75, 3.05) is 10.6 Å². The number of nitrogens with one attached hydrogen (secondary N) is 4. The minimum Gasteiger partial charge on any atom is -0.331 e. The van der Waals surface area contributed by atoms with Crippen LogP contribution in [0.2, 0.25) is 0 Å². The highest BCUT2D eigenvalue weighted by atomic mass is 32.1. The maximum atomic E-state index is 5.10. The van der Waals surface area contributed by atoms with Gasteiger partial charge in [0.2, 0.25) is 0 Å². The van der Waals surface area contributed by atoms with Crippen molar-refractivity contribution in [3.63, 3.8) is 0 Å². The maximum absolute atomic E-state index is 5.10. The minimum absolute atomic E-state index is 0.517. The second-order valence-corrected chi connectivity index (χ2v) is 8.30. The molecule has 0 unspecified atom stereocenters. The summed E-state index contributed by atoms with van der Waals surface area (Å²) in [4.78, 5) is 0. The zero-order chi connectivity index (χ0) is 24.7. The monoisotopic (exact) mass is 498 g/mol. The Hall–Kier alpha value is -2.84. The van der Waals surface area contributed by atoms with E-state index in [2.05, 4.69) is 45.5 Å². The first-order valence-electron chi connectivity index (χ1n) is 11.9. The molecule has 0 amide bonds. The molecule has 2 rings (SSSR count). The maximum Gasteiger partial charge on any atom is 0.191 e. The first-order chi connectivity index (χ1) is 16.7. The van der Waals surface area contributed by atoms with E-state index in [-0.39, 0.29) is 0 Å². The van der Waals surface area contributed by atoms with Crippen molar-refractivity contribution in [2.24, 2.45) is 10.2 Å². The summed E-state index contributed by atoms with van der Waals surface area (Å²) < 4.78 is 0. The predicted molar refractivity (Wildman–Crippen MR) is 157 cm³/mol. The van der Waals surface area contributed by atoms with Gasteiger partial charge in [-0.25, -0.2) is 0 Å². The molecular weight excluding hydrogens is 460 g/mol. The van der Waals surface area contributed by atoms with Gasteiger partial charge in [0.1, 0.15) is 0 Å². The molecule has 2 aromatic carbocycles. The fourth-order valence-corrected chi connectivity index (χ4v) is 3.01. The van der Waals surface area contributed by atoms with E-state index in [1.165, 1.54) is 38.5 Å². The van der Waals surface area contributed by atoms with Crippen LogP contribution in [-0.4, -0.2) is 22.7 Å². The molecule has 0 saturated carbocycles. The topological polar surface area (TPSA) is 72.8 Å². The third kappa shape index (κ3) is 16.7. The third-order valence-corrected chi connectivity index (χ3v) is 4.84. The van der Waals surface area contributed by atoms with Crippen LogP contribution in [0.4, 0.5) is 11.4 Å². The lowest BCUT2D eigenvalue weighted by Crippen LogP contribution is -2.23. The summed E-state index contributed by atoms with van der Waals surface area (Å²) in [5.41, 5.74) is 7.52. The zero-order valence-electron chi connectivity index (χ0n) is 20.3. The van der Waals surface area contributed by atoms with E-state index < -0.39 is 0 Å². The third-order valence-electron chi connectivity index (χ3n) is 4.45. The Morgan fingerprint density at radius 1 is 0.647 bits per heavy atom. The van der Waals surface area contributed by atoms with Gasteiger partial charge >= 0.3 is 0 Å². The molecule has 0 saturated heterocycles. The molecule has 34 heavy (non-hydrogen) atoms. The second-order valence-electron chi connectivity index (χ2n) is 7.48. The lowest BCUT2D eigenvalue weighted by Gasteiger charge is -2.05. The summed E-state index contributed by atoms with van der Waals surface area (Å²) >= 11 is 10.2. The molecule has 184 valence electrons. The SMILES string of the molecule is CCCCC/C=N/NC(=S)Nc1ccccc1.CCCCC/C=N/NC(=S)Nc1ccccc1. The summed E-state index contributed by atoms with van der Waals surface area (Å²) in [6.07, 6.45) is 13.1. The molecule has 0 bridgehead atoms. The van der Waals surface area contributed by atoms with Crippen LogP contribution in [0.15, 0.2) is 70.9 Å². The van der Waals surface area contributed by atoms with Crippen LogP contribution in [0.3, 0.4) is 0 Å². The van der Waals surface area contributed by atoms with Gasteiger partial charge in [-0.05, 0) is 74.4 Å². The fraction of sp³-hybridized carbons (Fsp3) is 0.385. The molecule has 0 aliphatic heterocycles. The molecule has 6 nitrogen and oxygen atoms in total. The molecule has 0 aliphatic rings. The van der Waals surface area contributed by atoms with E-state index in [0.717, 1.165) is 24.2 Å². The van der Waals surface area contributed by atoms with Gasteiger partial charge in [-0.2, -0.15) is 10.2 Å². The normalized spacial score (nSPS) is 10.4. The summed E-state index contributed by atoms with van der Waals surface area (Å²) in [6.45, 7) is 4.38. The Balaban J connectivity index is 0.000000340. The lowest BCUT2D eigenvalue weighted by molar-refractivity contribution is 0.744. The van der Waals surface area contributed by atoms with Gasteiger partial charge in [-0.1, -0.05) is 75.9 Å². The summed E-state index contributed by atoms with van der Waals surface area (Å²) in [6, 6.07) is 19.6. The van der Waals surface area contributed by atoms with Crippen molar-refractivity contribution in [3.05, 3.63) is 60.7 Å². The smallest absolute Gasteiger partial charge is 0.191 e. The molecule has 0 heterocycles. The molecule has 0 spiro atoms. The zero-order valence-corrected chi connectivity index (χ0v) is 21.9. The Morgan fingerprint density at radius 2 is 1.03 bits per heavy atom. The number of nitrogens with zero attached hydrogens (tertiary/aromatic N) is 2. The highest BCUT2D eigenvalue weighted by molar-refractivity contribution is 7.80. The molecule has 0 atom stereocenters. The molecule has 0 radical (unpaired) electrons. The largest absolute Gasteiger partial charge is 0.331 e. The van der Waals surface area contributed by atoms with E-state index in [0.29, 0.717) is 10.2 Å². The summed E-state index contributed by atoms with van der Waals surface area (Å²) in [5, 5.41) is 15.3. The molecular formula is C26H38N6S2. The Labute approximate surface area is 215 Å². The van der Waals surface area contributed by atoms with Gasteiger partial charge in [0.05, 0.1) is 0 Å². The van der Waals surface area contributed by atoms with Crippen LogP contribution in [-0.2, 0) is 0 Å². The number of thiocarbonyl (C=S) groups is 2. The van der Waals surface area contributed by atoms with E-state index in [9.17, 15) is 0 Å². The minimum atomic E-state index is 0.517. The predicted octanol–water partition coefficient (Wildman–Crippen LogP) is 7.08. The van der Waals surface area contributed by atoms with Crippen LogP contribution in [0, 0.1) is 0 Å². The van der Waals surface area contributed by atoms with Crippen molar-refractivity contribution < 1.29 is 0 Å². The van der Waals surface area contributed by atoms with Crippen molar-refractivity contribution in [1.82, 2.24) is 10.9 Å². The van der Waals surface area contributed by atoms with Gasteiger partial charge < -0.3 is 10.6 Å². The number of hydrazone groups is 2. The van der Waals surface area contributed by atoms with E-state index in [1.807, 2.05) is 73.1 Å². The molecule has 0 aliphatic carbocycles. The van der Waals surface area contributed by atoms with Gasteiger partial charge in [-0.3, -0.25) is 10.9 Å². The molecule has 0 aromatic heterocycles. The van der Waals surface area contributed by atoms with E-state index in [1.54, 1.807) is 0 Å². The van der Waals surface area contributed by atoms with Crippen molar-refractivity contribution >= 4 is 58.5 Å². The Morgan fingerprint density at radius 3 is 1.38 bits per heavy atom. The number of rotatable bonds is 12. The number of anilines is 2. The highest BCUT2D eigenvalue weighted by Crippen LogP contribution is 2.05. The first kappa shape index (κ1) is 29.2. The van der Waals surface area contributed by atoms with Crippen LogP contribution < -0.4 is 21.5 Å². The molecule has 4 N–H and O–H groups in total. The number of hydrogen-bond acceptors (Lipinski definition) is 4. The van der Waals surface area contributed by atoms with Crippen LogP contribution in [0.25, 0.3) is 0 Å². The van der Waals surface area contributed by atoms with Gasteiger partial charge in [0.25, 0.3) is 0 Å². The van der Waals surface area contributed by atoms with E-state index >= 15 is 0 Å². The highest BCUT2D eigenvalue weighted by Gasteiger charge is 1.94. The summed E-state index contributed by atoms with van der Waals surface area (Å²) in [5.74, 6) is 0. The molecule has 0 fully saturated rings. The summed E-state index contributed by atoms with van der Waals surface area (Å²) in [7, 11) is 0. The number of para-hydroxylation sites is 2.